The molecule has 12 nitrogen and oxygen atoms in total. The van der Waals surface area contributed by atoms with Crippen molar-refractivity contribution < 1.29 is 0 Å². The zero-order valence-corrected chi connectivity index (χ0v) is 66.5. The molecule has 0 aliphatic rings. The lowest BCUT2D eigenvalue weighted by molar-refractivity contribution is 1.01. The van der Waals surface area contributed by atoms with E-state index in [0.717, 1.165) is 216 Å². The first-order valence-electron chi connectivity index (χ1n) is 41.7. The minimum Gasteiger partial charge on any atom is -0.308 e. The summed E-state index contributed by atoms with van der Waals surface area (Å²) in [7, 11) is 0. The molecule has 0 N–H and O–H groups in total. The van der Waals surface area contributed by atoms with Crippen LogP contribution in [0.5, 0.6) is 0 Å². The van der Waals surface area contributed by atoms with Gasteiger partial charge in [-0.15, -0.1) is 0 Å². The summed E-state index contributed by atoms with van der Waals surface area (Å²) in [5.74, 6) is 1.33. The third-order valence-corrected chi connectivity index (χ3v) is 25.0. The van der Waals surface area contributed by atoms with Crippen molar-refractivity contribution in [3.05, 3.63) is 433 Å². The minimum absolute atomic E-state index is 0.0736. The molecular weight excluding hydrogens is 1520 g/mol. The second-order valence-electron chi connectivity index (χ2n) is 31.9. The number of pyridine rings is 2. The number of para-hydroxylation sites is 10. The Bertz CT molecular complexity index is 8890. The standard InChI is InChI=1S/C112H68N10O2/c123-110-103-90-67-78(56-62-101(90)117(79-30-7-2-8-31-79)107(103)86-39-16-23-46-97(86)119(110)80-32-9-3-10-33-80)76-55-61-100-89(66-76)84-37-15-22-45-96(84)122(100)112-115-92-41-18-13-38-85(92)105(116-112)72-50-48-69(49-51-72)73-28-25-29-74(64-73)70-52-58-82(59-53-70)118-102-63-57-77(68-91(102)104-108(118)87-40-17-24-47-98(87)120(111(104)124)81-34-11-4-12-35-81)75-54-60-99-88(65-75)83-36-14-21-44-95(83)121(99)109-106(71-26-5-1-6-27-71)113-93-42-19-20-43-94(93)114-109/h1-68H. The van der Waals surface area contributed by atoms with Crippen molar-refractivity contribution >= 4 is 131 Å². The fraction of sp³-hybridized carbons (Fsp3) is 0. The number of aromatic nitrogens is 10. The fourth-order valence-corrected chi connectivity index (χ4v) is 19.4. The largest absolute Gasteiger partial charge is 0.308 e. The second kappa shape index (κ2) is 27.8. The van der Waals surface area contributed by atoms with Crippen LogP contribution in [-0.4, -0.2) is 47.3 Å². The monoisotopic (exact) mass is 1580 g/mol. The van der Waals surface area contributed by atoms with E-state index in [0.29, 0.717) is 16.7 Å². The van der Waals surface area contributed by atoms with Gasteiger partial charge < -0.3 is 9.13 Å². The third kappa shape index (κ3) is 10.9. The summed E-state index contributed by atoms with van der Waals surface area (Å²) in [5, 5.41) is 10.2. The molecule has 25 rings (SSSR count). The predicted octanol–water partition coefficient (Wildman–Crippen LogP) is 26.6. The average molecular weight is 1590 g/mol. The van der Waals surface area contributed by atoms with E-state index >= 15 is 9.59 Å². The van der Waals surface area contributed by atoms with E-state index in [-0.39, 0.29) is 11.1 Å². The highest BCUT2D eigenvalue weighted by molar-refractivity contribution is 6.21. The number of hydrogen-bond acceptors (Lipinski definition) is 6. The van der Waals surface area contributed by atoms with E-state index in [1.807, 2.05) is 143 Å². The van der Waals surface area contributed by atoms with Crippen LogP contribution in [0.2, 0.25) is 0 Å². The van der Waals surface area contributed by atoms with Gasteiger partial charge in [-0.25, -0.2) is 19.9 Å². The number of benzene rings is 17. The molecule has 25 aromatic rings. The summed E-state index contributed by atoms with van der Waals surface area (Å²) in [6.07, 6.45) is 0. The molecule has 0 radical (unpaired) electrons. The Morgan fingerprint density at radius 1 is 0.177 bits per heavy atom. The minimum atomic E-state index is -0.0953. The molecule has 0 amide bonds. The van der Waals surface area contributed by atoms with E-state index in [9.17, 15) is 0 Å². The maximum absolute atomic E-state index is 15.9. The van der Waals surface area contributed by atoms with E-state index in [4.69, 9.17) is 19.9 Å². The molecule has 8 heterocycles. The number of nitrogens with zero attached hydrogens (tertiary/aromatic N) is 10. The molecule has 0 spiro atoms. The summed E-state index contributed by atoms with van der Waals surface area (Å²) in [5.41, 5.74) is 26.9. The van der Waals surface area contributed by atoms with E-state index in [1.165, 1.54) is 0 Å². The van der Waals surface area contributed by atoms with Gasteiger partial charge in [0.2, 0.25) is 5.95 Å². The SMILES string of the molecule is O=c1c2c3cc(-c4ccc5c(c4)c4ccccc4n5-c4nc(-c5ccc(-c6cccc(-c7ccc(-n8c9ccc(-c%10ccc%11c(c%10)c%10ccccc%10n%11-c%10nc%11ccccc%11nc%10-c%10ccccc%10)cc9c9c(=O)n(-c%10ccccc%10)c%10ccccc%10c98)cc7)c6)cc5)c5ccccc5n4)ccc3n(-c3ccccc3)c2c2ccccc2n1-c1ccccc1. The molecule has 578 valence electrons. The van der Waals surface area contributed by atoms with Crippen molar-refractivity contribution in [3.8, 4) is 102 Å². The Morgan fingerprint density at radius 2 is 0.500 bits per heavy atom. The molecule has 0 saturated carbocycles. The van der Waals surface area contributed by atoms with Crippen molar-refractivity contribution in [2.24, 2.45) is 0 Å². The van der Waals surface area contributed by atoms with Crippen molar-refractivity contribution in [1.82, 2.24) is 47.3 Å². The van der Waals surface area contributed by atoms with Crippen molar-refractivity contribution in [2.75, 3.05) is 0 Å². The van der Waals surface area contributed by atoms with Crippen LogP contribution in [0, 0.1) is 0 Å². The predicted molar refractivity (Wildman–Crippen MR) is 509 cm³/mol. The first kappa shape index (κ1) is 70.1. The summed E-state index contributed by atoms with van der Waals surface area (Å²) < 4.78 is 12.7. The molecule has 0 bridgehead atoms. The van der Waals surface area contributed by atoms with Gasteiger partial charge in [-0.3, -0.25) is 27.9 Å². The summed E-state index contributed by atoms with van der Waals surface area (Å²) >= 11 is 0. The van der Waals surface area contributed by atoms with Crippen molar-refractivity contribution in [3.63, 3.8) is 0 Å². The smallest absolute Gasteiger partial charge is 0.265 e. The van der Waals surface area contributed by atoms with E-state index in [1.54, 1.807) is 0 Å². The highest BCUT2D eigenvalue weighted by Crippen LogP contribution is 2.45. The maximum Gasteiger partial charge on any atom is 0.265 e. The molecular formula is C112H68N10O2. The van der Waals surface area contributed by atoms with Crippen molar-refractivity contribution in [1.29, 1.82) is 0 Å². The topological polar surface area (TPSA) is 115 Å². The van der Waals surface area contributed by atoms with Crippen LogP contribution in [-0.2, 0) is 0 Å². The molecule has 8 aromatic heterocycles. The Kier molecular flexibility index (Phi) is 15.7. The summed E-state index contributed by atoms with van der Waals surface area (Å²) in [6, 6.07) is 143. The Labute approximate surface area is 708 Å². The highest BCUT2D eigenvalue weighted by Gasteiger charge is 2.28. The zero-order chi connectivity index (χ0) is 81.8. The Balaban J connectivity index is 0.561. The Hall–Kier alpha value is -17.0. The molecule has 0 unspecified atom stereocenters. The molecule has 0 aliphatic carbocycles. The fourth-order valence-electron chi connectivity index (χ4n) is 19.4. The number of hydrogen-bond donors (Lipinski definition) is 0. The van der Waals surface area contributed by atoms with Gasteiger partial charge in [-0.1, -0.05) is 267 Å². The van der Waals surface area contributed by atoms with Crippen molar-refractivity contribution in [2.45, 2.75) is 0 Å². The first-order valence-corrected chi connectivity index (χ1v) is 41.7. The van der Waals surface area contributed by atoms with Gasteiger partial charge in [0.15, 0.2) is 5.82 Å². The molecule has 0 fully saturated rings. The van der Waals surface area contributed by atoms with Gasteiger partial charge in [-0.2, -0.15) is 0 Å². The lowest BCUT2D eigenvalue weighted by atomic mass is 9.97. The molecule has 0 saturated heterocycles. The van der Waals surface area contributed by atoms with Crippen LogP contribution in [0.1, 0.15) is 0 Å². The lowest BCUT2D eigenvalue weighted by Gasteiger charge is -2.14. The van der Waals surface area contributed by atoms with Gasteiger partial charge >= 0.3 is 0 Å². The quantitative estimate of drug-likeness (QED) is 0.120. The second-order valence-corrected chi connectivity index (χ2v) is 31.9. The molecule has 124 heavy (non-hydrogen) atoms. The maximum atomic E-state index is 15.9. The molecule has 0 aliphatic heterocycles. The normalized spacial score (nSPS) is 11.9. The van der Waals surface area contributed by atoms with Gasteiger partial charge in [0.1, 0.15) is 5.69 Å². The van der Waals surface area contributed by atoms with Crippen LogP contribution >= 0.6 is 0 Å². The Morgan fingerprint density at radius 3 is 1.00 bits per heavy atom. The summed E-state index contributed by atoms with van der Waals surface area (Å²) in [4.78, 5) is 52.9. The van der Waals surface area contributed by atoms with Gasteiger partial charge in [0.25, 0.3) is 11.1 Å². The average Bonchev–Trinajstić information content (AvgIpc) is 1.55. The lowest BCUT2D eigenvalue weighted by Crippen LogP contribution is -2.19. The van der Waals surface area contributed by atoms with Crippen LogP contribution in [0.3, 0.4) is 0 Å². The highest BCUT2D eigenvalue weighted by atomic mass is 16.1. The molecule has 12 heteroatoms. The number of rotatable bonds is 12. The van der Waals surface area contributed by atoms with Crippen LogP contribution < -0.4 is 11.1 Å². The third-order valence-electron chi connectivity index (χ3n) is 25.0. The number of fused-ring (bicyclic) bond motifs is 18. The van der Waals surface area contributed by atoms with E-state index in [2.05, 4.69) is 297 Å². The molecule has 0 atom stereocenters. The van der Waals surface area contributed by atoms with Gasteiger partial charge in [0, 0.05) is 82.4 Å². The van der Waals surface area contributed by atoms with Gasteiger partial charge in [-0.05, 0) is 190 Å². The van der Waals surface area contributed by atoms with Crippen LogP contribution in [0.15, 0.2) is 422 Å². The van der Waals surface area contributed by atoms with Crippen LogP contribution in [0.4, 0.5) is 0 Å². The van der Waals surface area contributed by atoms with E-state index < -0.39 is 0 Å². The zero-order valence-electron chi connectivity index (χ0n) is 66.5. The molecule has 17 aromatic carbocycles. The summed E-state index contributed by atoms with van der Waals surface area (Å²) in [6.45, 7) is 0. The van der Waals surface area contributed by atoms with Gasteiger partial charge in [0.05, 0.1) is 88.2 Å². The first-order chi connectivity index (χ1) is 61.3. The van der Waals surface area contributed by atoms with Crippen LogP contribution in [0.25, 0.3) is 233 Å².